The number of carboxylic acids is 1. The third-order valence-electron chi connectivity index (χ3n) is 5.53. The Kier molecular flexibility index (Phi) is 8.07. The molecule has 4 rings (SSSR count). The highest BCUT2D eigenvalue weighted by Gasteiger charge is 2.28. The number of nitrogens with one attached hydrogen (secondary N) is 2. The van der Waals surface area contributed by atoms with E-state index in [1.807, 2.05) is 24.3 Å². The molecule has 10 heteroatoms. The van der Waals surface area contributed by atoms with E-state index in [9.17, 15) is 14.4 Å². The summed E-state index contributed by atoms with van der Waals surface area (Å²) in [7, 11) is 0. The molecule has 0 spiro atoms. The summed E-state index contributed by atoms with van der Waals surface area (Å²) in [4.78, 5) is 38.9. The molecule has 2 amide bonds. The SMILES string of the molecule is O=C(CCOCCNC(=O)OCC1c2ccccc2-c2ccccc21)NCc1ncc(C(=O)O)s1. The Bertz CT molecular complexity index is 1170. The van der Waals surface area contributed by atoms with Gasteiger partial charge in [-0.1, -0.05) is 48.5 Å². The molecular formula is C25H25N3O6S. The lowest BCUT2D eigenvalue weighted by molar-refractivity contribution is -0.122. The van der Waals surface area contributed by atoms with Crippen molar-refractivity contribution in [3.8, 4) is 11.1 Å². The van der Waals surface area contributed by atoms with Crippen molar-refractivity contribution in [2.45, 2.75) is 18.9 Å². The van der Waals surface area contributed by atoms with Crippen LogP contribution in [-0.2, 0) is 20.8 Å². The normalized spacial score (nSPS) is 12.0. The highest BCUT2D eigenvalue weighted by molar-refractivity contribution is 7.13. The third-order valence-corrected chi connectivity index (χ3v) is 6.52. The Hall–Kier alpha value is -3.76. The second-order valence-corrected chi connectivity index (χ2v) is 8.93. The van der Waals surface area contributed by atoms with Crippen LogP contribution in [0.25, 0.3) is 11.1 Å². The molecule has 0 radical (unpaired) electrons. The van der Waals surface area contributed by atoms with Crippen LogP contribution in [0.2, 0.25) is 0 Å². The van der Waals surface area contributed by atoms with Crippen molar-refractivity contribution in [1.29, 1.82) is 0 Å². The van der Waals surface area contributed by atoms with Crippen LogP contribution in [-0.4, -0.2) is 54.4 Å². The molecule has 1 aliphatic rings. The Balaban J connectivity index is 1.10. The summed E-state index contributed by atoms with van der Waals surface area (Å²) in [6.45, 7) is 1.10. The van der Waals surface area contributed by atoms with Gasteiger partial charge in [-0.3, -0.25) is 4.79 Å². The maximum atomic E-state index is 12.1. The zero-order valence-electron chi connectivity index (χ0n) is 18.9. The molecule has 0 atom stereocenters. The number of aromatic carboxylic acids is 1. The van der Waals surface area contributed by atoms with Gasteiger partial charge in [-0.2, -0.15) is 0 Å². The number of ether oxygens (including phenoxy) is 2. The van der Waals surface area contributed by atoms with Gasteiger partial charge in [0.15, 0.2) is 0 Å². The standard InChI is InChI=1S/C25H25N3O6S/c29-22(27-14-23-28-13-21(35-23)24(30)31)9-11-33-12-10-26-25(32)34-15-20-18-7-3-1-5-16(18)17-6-2-4-8-19(17)20/h1-8,13,20H,9-12,14-15H2,(H,26,32)(H,27,29)(H,30,31). The number of nitrogens with zero attached hydrogens (tertiary/aromatic N) is 1. The van der Waals surface area contributed by atoms with Gasteiger partial charge in [-0.25, -0.2) is 14.6 Å². The fourth-order valence-electron chi connectivity index (χ4n) is 3.90. The molecule has 182 valence electrons. The van der Waals surface area contributed by atoms with Crippen LogP contribution < -0.4 is 10.6 Å². The van der Waals surface area contributed by atoms with Crippen LogP contribution in [0.1, 0.15) is 38.1 Å². The fraction of sp³-hybridized carbons (Fsp3) is 0.280. The van der Waals surface area contributed by atoms with E-state index in [0.29, 0.717) is 5.01 Å². The maximum absolute atomic E-state index is 12.1. The van der Waals surface area contributed by atoms with E-state index in [1.54, 1.807) is 0 Å². The largest absolute Gasteiger partial charge is 0.477 e. The van der Waals surface area contributed by atoms with Crippen LogP contribution in [0.5, 0.6) is 0 Å². The summed E-state index contributed by atoms with van der Waals surface area (Å²) < 4.78 is 10.9. The summed E-state index contributed by atoms with van der Waals surface area (Å²) in [6.07, 6.45) is 0.890. The van der Waals surface area contributed by atoms with E-state index in [2.05, 4.69) is 39.9 Å². The van der Waals surface area contributed by atoms with Crippen LogP contribution >= 0.6 is 11.3 Å². The van der Waals surface area contributed by atoms with Crippen LogP contribution in [0.4, 0.5) is 4.79 Å². The fourth-order valence-corrected chi connectivity index (χ4v) is 4.59. The van der Waals surface area contributed by atoms with E-state index in [4.69, 9.17) is 14.6 Å². The van der Waals surface area contributed by atoms with Gasteiger partial charge >= 0.3 is 12.1 Å². The Morgan fingerprint density at radius 3 is 2.31 bits per heavy atom. The Morgan fingerprint density at radius 1 is 0.971 bits per heavy atom. The molecule has 3 N–H and O–H groups in total. The van der Waals surface area contributed by atoms with E-state index >= 15 is 0 Å². The van der Waals surface area contributed by atoms with Crippen molar-refractivity contribution >= 4 is 29.3 Å². The smallest absolute Gasteiger partial charge is 0.407 e. The molecule has 0 saturated heterocycles. The molecule has 9 nitrogen and oxygen atoms in total. The van der Waals surface area contributed by atoms with Crippen molar-refractivity contribution < 1.29 is 29.0 Å². The Morgan fingerprint density at radius 2 is 1.66 bits per heavy atom. The average Bonchev–Trinajstić information content (AvgIpc) is 3.47. The number of fused-ring (bicyclic) bond motifs is 3. The molecule has 0 aliphatic heterocycles. The monoisotopic (exact) mass is 495 g/mol. The molecule has 1 aliphatic carbocycles. The molecule has 2 aromatic carbocycles. The molecule has 1 heterocycles. The van der Waals surface area contributed by atoms with Crippen LogP contribution in [0.15, 0.2) is 54.7 Å². The first-order valence-corrected chi connectivity index (χ1v) is 12.0. The maximum Gasteiger partial charge on any atom is 0.407 e. The minimum Gasteiger partial charge on any atom is -0.477 e. The van der Waals surface area contributed by atoms with Gasteiger partial charge < -0.3 is 25.2 Å². The van der Waals surface area contributed by atoms with E-state index in [0.717, 1.165) is 22.5 Å². The molecule has 0 unspecified atom stereocenters. The first kappa shape index (κ1) is 24.4. The van der Waals surface area contributed by atoms with Gasteiger partial charge in [0.25, 0.3) is 0 Å². The molecule has 0 bridgehead atoms. The topological polar surface area (TPSA) is 127 Å². The van der Waals surface area contributed by atoms with Crippen molar-refractivity contribution in [1.82, 2.24) is 15.6 Å². The first-order chi connectivity index (χ1) is 17.0. The molecule has 1 aromatic heterocycles. The van der Waals surface area contributed by atoms with Gasteiger partial charge in [0.1, 0.15) is 16.5 Å². The number of rotatable bonds is 11. The van der Waals surface area contributed by atoms with Gasteiger partial charge in [0.2, 0.25) is 5.91 Å². The lowest BCUT2D eigenvalue weighted by Crippen LogP contribution is -2.29. The van der Waals surface area contributed by atoms with Crippen molar-refractivity contribution in [2.24, 2.45) is 0 Å². The van der Waals surface area contributed by atoms with Crippen molar-refractivity contribution in [3.05, 3.63) is 75.7 Å². The highest BCUT2D eigenvalue weighted by atomic mass is 32.1. The number of amides is 2. The van der Waals surface area contributed by atoms with Gasteiger partial charge in [0.05, 0.1) is 26.0 Å². The van der Waals surface area contributed by atoms with Gasteiger partial charge in [0, 0.05) is 18.9 Å². The molecule has 0 saturated carbocycles. The lowest BCUT2D eigenvalue weighted by atomic mass is 9.98. The summed E-state index contributed by atoms with van der Waals surface area (Å²) in [6, 6.07) is 16.3. The predicted octanol–water partition coefficient (Wildman–Crippen LogP) is 3.40. The van der Waals surface area contributed by atoms with Crippen molar-refractivity contribution in [2.75, 3.05) is 26.4 Å². The number of alkyl carbamates (subject to hydrolysis) is 1. The molecule has 35 heavy (non-hydrogen) atoms. The van der Waals surface area contributed by atoms with E-state index in [-0.39, 0.29) is 56.0 Å². The quantitative estimate of drug-likeness (QED) is 0.348. The zero-order valence-corrected chi connectivity index (χ0v) is 19.7. The summed E-state index contributed by atoms with van der Waals surface area (Å²) in [5.41, 5.74) is 4.65. The van der Waals surface area contributed by atoms with Gasteiger partial charge in [-0.15, -0.1) is 11.3 Å². The van der Waals surface area contributed by atoms with Gasteiger partial charge in [-0.05, 0) is 22.3 Å². The summed E-state index contributed by atoms with van der Waals surface area (Å²) in [5.74, 6) is -1.27. The van der Waals surface area contributed by atoms with Crippen LogP contribution in [0.3, 0.4) is 0 Å². The number of benzene rings is 2. The average molecular weight is 496 g/mol. The third kappa shape index (κ3) is 6.23. The van der Waals surface area contributed by atoms with E-state index in [1.165, 1.54) is 17.3 Å². The lowest BCUT2D eigenvalue weighted by Gasteiger charge is -2.14. The molecule has 0 fully saturated rings. The summed E-state index contributed by atoms with van der Waals surface area (Å²) in [5, 5.41) is 14.7. The van der Waals surface area contributed by atoms with Crippen molar-refractivity contribution in [3.63, 3.8) is 0 Å². The number of carboxylic acid groups (broad SMARTS) is 1. The van der Waals surface area contributed by atoms with Crippen LogP contribution in [0, 0.1) is 0 Å². The number of hydrogen-bond donors (Lipinski definition) is 3. The van der Waals surface area contributed by atoms with E-state index < -0.39 is 12.1 Å². The second kappa shape index (κ2) is 11.6. The first-order valence-electron chi connectivity index (χ1n) is 11.1. The summed E-state index contributed by atoms with van der Waals surface area (Å²) >= 11 is 1.02. The number of hydrogen-bond acceptors (Lipinski definition) is 7. The number of aromatic nitrogens is 1. The highest BCUT2D eigenvalue weighted by Crippen LogP contribution is 2.44. The zero-order chi connectivity index (χ0) is 24.6. The predicted molar refractivity (Wildman–Crippen MR) is 129 cm³/mol. The molecular weight excluding hydrogens is 470 g/mol. The number of thiazole rings is 1. The molecule has 3 aromatic rings. The minimum atomic E-state index is -1.04. The Labute approximate surface area is 206 Å². The minimum absolute atomic E-state index is 0.00278. The number of carbonyl (C=O) groups is 3. The second-order valence-electron chi connectivity index (χ2n) is 7.81. The number of carbonyl (C=O) groups excluding carboxylic acids is 2.